The fourth-order valence-electron chi connectivity index (χ4n) is 2.79. The fraction of sp³-hybridized carbons (Fsp3) is 0.300. The van der Waals surface area contributed by atoms with Gasteiger partial charge in [-0.3, -0.25) is 4.99 Å². The normalized spacial score (nSPS) is 12.0. The van der Waals surface area contributed by atoms with Crippen LogP contribution in [-0.2, 0) is 11.2 Å². The molecule has 0 atom stereocenters. The summed E-state index contributed by atoms with van der Waals surface area (Å²) in [5.74, 6) is 0.172. The molecule has 0 aliphatic heterocycles. The van der Waals surface area contributed by atoms with Crippen LogP contribution in [0.5, 0.6) is 5.88 Å². The van der Waals surface area contributed by atoms with Gasteiger partial charge in [-0.25, -0.2) is 15.0 Å². The molecule has 3 aromatic rings. The van der Waals surface area contributed by atoms with E-state index in [2.05, 4.69) is 30.2 Å². The lowest BCUT2D eigenvalue weighted by atomic mass is 10.1. The number of allylic oxidation sites excluding steroid dienone is 1. The van der Waals surface area contributed by atoms with Crippen molar-refractivity contribution in [2.45, 2.75) is 13.3 Å². The zero-order chi connectivity index (χ0) is 21.3. The molecule has 0 unspecified atom stereocenters. The quantitative estimate of drug-likeness (QED) is 0.265. The first-order valence-corrected chi connectivity index (χ1v) is 9.43. The predicted octanol–water partition coefficient (Wildman–Crippen LogP) is 2.41. The largest absolute Gasteiger partial charge is 0.475 e. The van der Waals surface area contributed by atoms with Crippen molar-refractivity contribution in [2.75, 3.05) is 32.2 Å². The number of anilines is 1. The highest BCUT2D eigenvalue weighted by Gasteiger charge is 2.15. The summed E-state index contributed by atoms with van der Waals surface area (Å²) in [5, 5.41) is 3.64. The maximum Gasteiger partial charge on any atom is 0.226 e. The standard InChI is InChI=1S/C20H24FN7O2/c1-3-23-11-15(9-22)27-16-5-4-13(18(21)28-16)8-14-10-24-19-17(14)20(26-12-25-19)30-7-6-29-2/h4-5,9-12H,3,6-8,22H2,1-2H3,(H,27,28)(H,24,25,26). The van der Waals surface area contributed by atoms with E-state index in [0.717, 1.165) is 5.56 Å². The summed E-state index contributed by atoms with van der Waals surface area (Å²) >= 11 is 0. The Bertz CT molecular complexity index is 1050. The highest BCUT2D eigenvalue weighted by atomic mass is 19.1. The van der Waals surface area contributed by atoms with E-state index < -0.39 is 5.95 Å². The van der Waals surface area contributed by atoms with E-state index in [1.165, 1.54) is 12.5 Å². The number of halogens is 1. The zero-order valence-corrected chi connectivity index (χ0v) is 16.9. The minimum atomic E-state index is -0.586. The molecule has 3 aromatic heterocycles. The van der Waals surface area contributed by atoms with Gasteiger partial charge in [0.2, 0.25) is 11.8 Å². The van der Waals surface area contributed by atoms with Crippen LogP contribution in [0, 0.1) is 5.95 Å². The Morgan fingerprint density at radius 2 is 2.17 bits per heavy atom. The maximum absolute atomic E-state index is 14.7. The van der Waals surface area contributed by atoms with Gasteiger partial charge in [-0.2, -0.15) is 4.39 Å². The summed E-state index contributed by atoms with van der Waals surface area (Å²) in [6.07, 6.45) is 6.40. The van der Waals surface area contributed by atoms with Gasteiger partial charge in [-0.15, -0.1) is 0 Å². The number of nitrogens with zero attached hydrogens (tertiary/aromatic N) is 4. The minimum absolute atomic E-state index is 0.296. The maximum atomic E-state index is 14.7. The van der Waals surface area contributed by atoms with Gasteiger partial charge in [-0.1, -0.05) is 6.07 Å². The smallest absolute Gasteiger partial charge is 0.226 e. The van der Waals surface area contributed by atoms with Crippen LogP contribution in [0.1, 0.15) is 18.1 Å². The van der Waals surface area contributed by atoms with E-state index in [-0.39, 0.29) is 0 Å². The van der Waals surface area contributed by atoms with E-state index in [0.29, 0.717) is 60.2 Å². The number of fused-ring (bicyclic) bond motifs is 1. The molecular formula is C20H24FN7O2. The molecule has 10 heteroatoms. The highest BCUT2D eigenvalue weighted by molar-refractivity contribution is 5.85. The second kappa shape index (κ2) is 10.3. The van der Waals surface area contributed by atoms with E-state index in [1.807, 2.05) is 6.92 Å². The summed E-state index contributed by atoms with van der Waals surface area (Å²) in [7, 11) is 1.60. The number of nitrogens with one attached hydrogen (secondary N) is 2. The van der Waals surface area contributed by atoms with Crippen LogP contribution in [0.4, 0.5) is 10.2 Å². The van der Waals surface area contributed by atoms with Crippen LogP contribution >= 0.6 is 0 Å². The molecular weight excluding hydrogens is 389 g/mol. The second-order valence-corrected chi connectivity index (χ2v) is 6.26. The van der Waals surface area contributed by atoms with Gasteiger partial charge < -0.3 is 25.5 Å². The van der Waals surface area contributed by atoms with Crippen molar-refractivity contribution < 1.29 is 13.9 Å². The Labute approximate surface area is 173 Å². The number of aromatic nitrogens is 4. The van der Waals surface area contributed by atoms with Crippen LogP contribution in [0.25, 0.3) is 11.0 Å². The molecule has 0 fully saturated rings. The van der Waals surface area contributed by atoms with Crippen molar-refractivity contribution in [2.24, 2.45) is 10.7 Å². The molecule has 4 N–H and O–H groups in total. The van der Waals surface area contributed by atoms with E-state index in [4.69, 9.17) is 15.2 Å². The summed E-state index contributed by atoms with van der Waals surface area (Å²) in [6.45, 7) is 3.30. The number of hydrogen-bond donors (Lipinski definition) is 3. The van der Waals surface area contributed by atoms with Crippen LogP contribution in [0.2, 0.25) is 0 Å². The monoisotopic (exact) mass is 413 g/mol. The van der Waals surface area contributed by atoms with Crippen LogP contribution in [0.3, 0.4) is 0 Å². The van der Waals surface area contributed by atoms with Gasteiger partial charge in [0, 0.05) is 44.3 Å². The Balaban J connectivity index is 1.81. The molecule has 0 amide bonds. The van der Waals surface area contributed by atoms with Crippen molar-refractivity contribution in [3.8, 4) is 5.88 Å². The first-order chi connectivity index (χ1) is 14.7. The summed E-state index contributed by atoms with van der Waals surface area (Å²) in [4.78, 5) is 19.6. The molecule has 0 spiro atoms. The topological polar surface area (TPSA) is 123 Å². The fourth-order valence-corrected chi connectivity index (χ4v) is 2.79. The molecule has 0 aliphatic carbocycles. The number of rotatable bonds is 10. The Morgan fingerprint density at radius 3 is 2.90 bits per heavy atom. The Hall–Kier alpha value is -3.53. The number of H-pyrrole nitrogens is 1. The first kappa shape index (κ1) is 21.2. The number of methoxy groups -OCH3 is 1. The number of nitrogens with two attached hydrogens (primary N) is 1. The molecule has 3 heterocycles. The number of aromatic amines is 1. The zero-order valence-electron chi connectivity index (χ0n) is 16.9. The van der Waals surface area contributed by atoms with Gasteiger partial charge in [-0.05, 0) is 18.6 Å². The van der Waals surface area contributed by atoms with Crippen LogP contribution < -0.4 is 15.8 Å². The Kier molecular flexibility index (Phi) is 7.28. The average Bonchev–Trinajstić information content (AvgIpc) is 3.17. The van der Waals surface area contributed by atoms with Crippen molar-refractivity contribution in [1.82, 2.24) is 19.9 Å². The third kappa shape index (κ3) is 5.09. The summed E-state index contributed by atoms with van der Waals surface area (Å²) in [6, 6.07) is 3.35. The molecule has 0 aliphatic rings. The van der Waals surface area contributed by atoms with Gasteiger partial charge in [0.1, 0.15) is 24.4 Å². The van der Waals surface area contributed by atoms with E-state index in [9.17, 15) is 4.39 Å². The van der Waals surface area contributed by atoms with Gasteiger partial charge >= 0.3 is 0 Å². The predicted molar refractivity (Wildman–Crippen MR) is 113 cm³/mol. The number of hydrogen-bond acceptors (Lipinski definition) is 8. The average molecular weight is 413 g/mol. The lowest BCUT2D eigenvalue weighted by Gasteiger charge is -2.09. The van der Waals surface area contributed by atoms with E-state index in [1.54, 1.807) is 31.7 Å². The van der Waals surface area contributed by atoms with Gasteiger partial charge in [0.25, 0.3) is 0 Å². The van der Waals surface area contributed by atoms with Crippen molar-refractivity contribution in [1.29, 1.82) is 0 Å². The van der Waals surface area contributed by atoms with Gasteiger partial charge in [0.15, 0.2) is 0 Å². The van der Waals surface area contributed by atoms with Crippen LogP contribution in [0.15, 0.2) is 41.5 Å². The van der Waals surface area contributed by atoms with Crippen LogP contribution in [-0.4, -0.2) is 53.0 Å². The Morgan fingerprint density at radius 1 is 1.30 bits per heavy atom. The number of pyridine rings is 1. The summed E-state index contributed by atoms with van der Waals surface area (Å²) < 4.78 is 25.4. The second-order valence-electron chi connectivity index (χ2n) is 6.26. The van der Waals surface area contributed by atoms with Crippen molar-refractivity contribution in [3.63, 3.8) is 0 Å². The van der Waals surface area contributed by atoms with Crippen molar-refractivity contribution >= 4 is 23.1 Å². The molecule has 0 bridgehead atoms. The molecule has 0 saturated heterocycles. The lowest BCUT2D eigenvalue weighted by molar-refractivity contribution is 0.144. The lowest BCUT2D eigenvalue weighted by Crippen LogP contribution is -2.07. The molecule has 158 valence electrons. The third-order valence-electron chi connectivity index (χ3n) is 4.21. The van der Waals surface area contributed by atoms with Gasteiger partial charge in [0.05, 0.1) is 17.7 Å². The number of ether oxygens (including phenoxy) is 2. The minimum Gasteiger partial charge on any atom is -0.475 e. The first-order valence-electron chi connectivity index (χ1n) is 9.43. The number of aliphatic imine (C=N–C) groups is 1. The van der Waals surface area contributed by atoms with E-state index >= 15 is 0 Å². The molecule has 0 saturated carbocycles. The SMILES string of the molecule is CCN=CC(=CN)Nc1ccc(Cc2c[nH]c3ncnc(OCCOC)c23)c(F)n1. The molecule has 0 aromatic carbocycles. The third-order valence-corrected chi connectivity index (χ3v) is 4.21. The molecule has 3 rings (SSSR count). The molecule has 30 heavy (non-hydrogen) atoms. The molecule has 0 radical (unpaired) electrons. The summed E-state index contributed by atoms with van der Waals surface area (Å²) in [5.41, 5.74) is 7.93. The van der Waals surface area contributed by atoms with Crippen molar-refractivity contribution in [3.05, 3.63) is 53.6 Å². The highest BCUT2D eigenvalue weighted by Crippen LogP contribution is 2.27. The molecule has 9 nitrogen and oxygen atoms in total.